The molecule has 2 aromatic rings. The van der Waals surface area contributed by atoms with Crippen LogP contribution in [-0.4, -0.2) is 25.8 Å². The van der Waals surface area contributed by atoms with Crippen molar-refractivity contribution >= 4 is 5.84 Å². The van der Waals surface area contributed by atoms with E-state index in [4.69, 9.17) is 10.9 Å². The van der Waals surface area contributed by atoms with Gasteiger partial charge in [0.2, 0.25) is 0 Å². The zero-order valence-corrected chi connectivity index (χ0v) is 9.33. The average Bonchev–Trinajstić information content (AvgIpc) is 2.89. The van der Waals surface area contributed by atoms with E-state index in [2.05, 4.69) is 15.2 Å². The van der Waals surface area contributed by atoms with Crippen LogP contribution in [0.5, 0.6) is 0 Å². The van der Waals surface area contributed by atoms with E-state index in [9.17, 15) is 13.2 Å². The lowest BCUT2D eigenvalue weighted by atomic mass is 10.1. The van der Waals surface area contributed by atoms with Gasteiger partial charge in [-0.15, -0.1) is 0 Å². The quantitative estimate of drug-likeness (QED) is 0.374. The summed E-state index contributed by atoms with van der Waals surface area (Å²) < 4.78 is 39.1. The molecule has 0 aliphatic heterocycles. The molecule has 6 nitrogen and oxygen atoms in total. The number of rotatable bonds is 2. The fourth-order valence-corrected chi connectivity index (χ4v) is 1.50. The Balaban J connectivity index is 2.63. The summed E-state index contributed by atoms with van der Waals surface area (Å²) >= 11 is 0. The van der Waals surface area contributed by atoms with Gasteiger partial charge in [-0.3, -0.25) is 0 Å². The van der Waals surface area contributed by atoms with Crippen molar-refractivity contribution in [1.29, 1.82) is 0 Å². The first-order chi connectivity index (χ1) is 8.93. The van der Waals surface area contributed by atoms with Crippen molar-refractivity contribution in [1.82, 2.24) is 14.8 Å². The Morgan fingerprint density at radius 1 is 1.37 bits per heavy atom. The molecule has 2 rings (SSSR count). The molecule has 0 fully saturated rings. The maximum absolute atomic E-state index is 12.6. The zero-order chi connectivity index (χ0) is 14.0. The van der Waals surface area contributed by atoms with Crippen LogP contribution in [0.25, 0.3) is 5.69 Å². The first-order valence-electron chi connectivity index (χ1n) is 4.97. The molecule has 19 heavy (non-hydrogen) atoms. The normalized spacial score (nSPS) is 12.7. The average molecular weight is 271 g/mol. The third-order valence-corrected chi connectivity index (χ3v) is 2.37. The van der Waals surface area contributed by atoms with E-state index < -0.39 is 17.6 Å². The van der Waals surface area contributed by atoms with Crippen LogP contribution in [-0.2, 0) is 6.18 Å². The number of oxime groups is 1. The highest BCUT2D eigenvalue weighted by Crippen LogP contribution is 2.31. The first kappa shape index (κ1) is 12.9. The summed E-state index contributed by atoms with van der Waals surface area (Å²) in [6, 6.07) is 2.84. The predicted molar refractivity (Wildman–Crippen MR) is 58.9 cm³/mol. The second-order valence-electron chi connectivity index (χ2n) is 3.55. The number of alkyl halides is 3. The summed E-state index contributed by atoms with van der Waals surface area (Å²) in [7, 11) is 0. The van der Waals surface area contributed by atoms with Crippen molar-refractivity contribution in [3.63, 3.8) is 0 Å². The van der Waals surface area contributed by atoms with Crippen LogP contribution in [0.15, 0.2) is 36.0 Å². The number of hydrogen-bond acceptors (Lipinski definition) is 4. The number of hydrogen-bond donors (Lipinski definition) is 2. The van der Waals surface area contributed by atoms with Crippen LogP contribution in [0.3, 0.4) is 0 Å². The van der Waals surface area contributed by atoms with Gasteiger partial charge >= 0.3 is 6.18 Å². The van der Waals surface area contributed by atoms with E-state index in [-0.39, 0.29) is 11.3 Å². The summed E-state index contributed by atoms with van der Waals surface area (Å²) in [6.07, 6.45) is -2.02. The largest absolute Gasteiger partial charge is 0.416 e. The smallest absolute Gasteiger partial charge is 0.409 e. The topological polar surface area (TPSA) is 89.3 Å². The number of aromatic nitrogens is 3. The van der Waals surface area contributed by atoms with Crippen molar-refractivity contribution in [3.8, 4) is 5.69 Å². The number of nitrogens with zero attached hydrogens (tertiary/aromatic N) is 4. The highest BCUT2D eigenvalue weighted by molar-refractivity contribution is 6.00. The lowest BCUT2D eigenvalue weighted by Crippen LogP contribution is -2.18. The molecule has 1 aromatic carbocycles. The molecule has 1 heterocycles. The second kappa shape index (κ2) is 4.59. The monoisotopic (exact) mass is 271 g/mol. The summed E-state index contributed by atoms with van der Waals surface area (Å²) in [4.78, 5) is 3.68. The Labute approximate surface area is 105 Å². The van der Waals surface area contributed by atoms with Gasteiger partial charge in [-0.25, -0.2) is 9.67 Å². The van der Waals surface area contributed by atoms with Crippen LogP contribution >= 0.6 is 0 Å². The fourth-order valence-electron chi connectivity index (χ4n) is 1.50. The Kier molecular flexibility index (Phi) is 3.11. The van der Waals surface area contributed by atoms with Crippen LogP contribution in [0.4, 0.5) is 13.2 Å². The van der Waals surface area contributed by atoms with Crippen LogP contribution in [0, 0.1) is 0 Å². The fraction of sp³-hybridized carbons (Fsp3) is 0.100. The second-order valence-corrected chi connectivity index (χ2v) is 3.55. The van der Waals surface area contributed by atoms with E-state index in [0.29, 0.717) is 0 Å². The SMILES string of the molecule is N/C(=N\O)c1cc(C(F)(F)F)ccc1-n1cncn1. The van der Waals surface area contributed by atoms with E-state index in [0.717, 1.165) is 12.1 Å². The molecule has 1 aromatic heterocycles. The maximum Gasteiger partial charge on any atom is 0.416 e. The minimum atomic E-state index is -4.52. The summed E-state index contributed by atoms with van der Waals surface area (Å²) in [5.41, 5.74) is 4.61. The van der Waals surface area contributed by atoms with E-state index in [1.54, 1.807) is 0 Å². The van der Waals surface area contributed by atoms with Crippen molar-refractivity contribution in [2.75, 3.05) is 0 Å². The summed E-state index contributed by atoms with van der Waals surface area (Å²) in [6.45, 7) is 0. The Morgan fingerprint density at radius 3 is 2.63 bits per heavy atom. The molecule has 0 unspecified atom stereocenters. The third-order valence-electron chi connectivity index (χ3n) is 2.37. The molecule has 0 spiro atoms. The van der Waals surface area contributed by atoms with Crippen molar-refractivity contribution < 1.29 is 18.4 Å². The maximum atomic E-state index is 12.6. The Morgan fingerprint density at radius 2 is 2.11 bits per heavy atom. The van der Waals surface area contributed by atoms with E-state index in [1.165, 1.54) is 23.4 Å². The number of benzene rings is 1. The highest BCUT2D eigenvalue weighted by Gasteiger charge is 2.31. The number of halogens is 3. The minimum absolute atomic E-state index is 0.0946. The first-order valence-corrected chi connectivity index (χ1v) is 4.97. The predicted octanol–water partition coefficient (Wildman–Crippen LogP) is 1.38. The molecule has 0 radical (unpaired) electrons. The Bertz CT molecular complexity index is 606. The minimum Gasteiger partial charge on any atom is -0.409 e. The lowest BCUT2D eigenvalue weighted by Gasteiger charge is -2.12. The van der Waals surface area contributed by atoms with Crippen molar-refractivity contribution in [2.45, 2.75) is 6.18 Å². The highest BCUT2D eigenvalue weighted by atomic mass is 19.4. The van der Waals surface area contributed by atoms with Gasteiger partial charge in [0.25, 0.3) is 0 Å². The molecule has 0 aliphatic rings. The van der Waals surface area contributed by atoms with Gasteiger partial charge in [0.05, 0.1) is 11.3 Å². The summed E-state index contributed by atoms with van der Waals surface area (Å²) in [5, 5.41) is 15.1. The van der Waals surface area contributed by atoms with Crippen molar-refractivity contribution in [2.24, 2.45) is 10.9 Å². The molecule has 0 saturated heterocycles. The van der Waals surface area contributed by atoms with Crippen LogP contribution in [0.2, 0.25) is 0 Å². The van der Waals surface area contributed by atoms with Crippen molar-refractivity contribution in [3.05, 3.63) is 42.0 Å². The lowest BCUT2D eigenvalue weighted by molar-refractivity contribution is -0.137. The number of amidine groups is 1. The van der Waals surface area contributed by atoms with Gasteiger partial charge in [-0.2, -0.15) is 18.3 Å². The molecule has 100 valence electrons. The standard InChI is InChI=1S/C10H8F3N5O/c11-10(12,13)6-1-2-8(18-5-15-4-16-18)7(3-6)9(14)17-19/h1-5,19H,(H2,14,17). The van der Waals surface area contributed by atoms with Gasteiger partial charge in [0.15, 0.2) is 5.84 Å². The molecule has 3 N–H and O–H groups in total. The summed E-state index contributed by atoms with van der Waals surface area (Å²) in [5.74, 6) is -0.448. The zero-order valence-electron chi connectivity index (χ0n) is 9.33. The van der Waals surface area contributed by atoms with Gasteiger partial charge in [-0.1, -0.05) is 5.16 Å². The van der Waals surface area contributed by atoms with Crippen LogP contribution in [0.1, 0.15) is 11.1 Å². The molecule has 0 bridgehead atoms. The van der Waals surface area contributed by atoms with E-state index in [1.807, 2.05) is 0 Å². The van der Waals surface area contributed by atoms with Gasteiger partial charge in [0, 0.05) is 5.56 Å². The molecular weight excluding hydrogens is 263 g/mol. The molecule has 9 heteroatoms. The molecule has 0 amide bonds. The Hall–Kier alpha value is -2.58. The number of nitrogens with two attached hydrogens (primary N) is 1. The molecule has 0 atom stereocenters. The molecule has 0 aliphatic carbocycles. The van der Waals surface area contributed by atoms with Gasteiger partial charge in [-0.05, 0) is 18.2 Å². The van der Waals surface area contributed by atoms with Gasteiger partial charge < -0.3 is 10.9 Å². The van der Waals surface area contributed by atoms with Gasteiger partial charge in [0.1, 0.15) is 12.7 Å². The molecule has 0 saturated carbocycles. The third kappa shape index (κ3) is 2.49. The van der Waals surface area contributed by atoms with E-state index >= 15 is 0 Å². The van der Waals surface area contributed by atoms with Crippen LogP contribution < -0.4 is 5.73 Å². The molecular formula is C10H8F3N5O.